The molecule has 5 heteroatoms. The van der Waals surface area contributed by atoms with Crippen molar-refractivity contribution >= 4 is 17.7 Å². The first-order valence-electron chi connectivity index (χ1n) is 7.42. The number of carbonyl (C=O) groups is 1. The largest absolute Gasteiger partial charge is 0.497 e. The summed E-state index contributed by atoms with van der Waals surface area (Å²) in [6.07, 6.45) is 0.900. The number of hydrogen-bond acceptors (Lipinski definition) is 4. The molecule has 0 aliphatic carbocycles. The number of benzene rings is 2. The SMILES string of the molecule is COc1ccc(OC)c(C(=O)NCCCSc2ccccc2)c1. The number of hydrogen-bond donors (Lipinski definition) is 1. The van der Waals surface area contributed by atoms with E-state index in [2.05, 4.69) is 17.4 Å². The molecule has 0 bridgehead atoms. The lowest BCUT2D eigenvalue weighted by atomic mass is 10.1. The van der Waals surface area contributed by atoms with Crippen LogP contribution in [0.2, 0.25) is 0 Å². The van der Waals surface area contributed by atoms with Crippen molar-refractivity contribution < 1.29 is 14.3 Å². The Morgan fingerprint density at radius 1 is 1.09 bits per heavy atom. The first-order chi connectivity index (χ1) is 11.2. The molecule has 0 heterocycles. The normalized spacial score (nSPS) is 10.2. The molecular formula is C18H21NO3S. The second-order valence-corrected chi connectivity index (χ2v) is 6.01. The van der Waals surface area contributed by atoms with Crippen molar-refractivity contribution in [3.63, 3.8) is 0 Å². The van der Waals surface area contributed by atoms with E-state index in [-0.39, 0.29) is 5.91 Å². The van der Waals surface area contributed by atoms with Crippen molar-refractivity contribution in [1.82, 2.24) is 5.32 Å². The molecule has 1 N–H and O–H groups in total. The van der Waals surface area contributed by atoms with Gasteiger partial charge < -0.3 is 14.8 Å². The average molecular weight is 331 g/mol. The first-order valence-corrected chi connectivity index (χ1v) is 8.41. The minimum Gasteiger partial charge on any atom is -0.497 e. The third-order valence-electron chi connectivity index (χ3n) is 3.27. The van der Waals surface area contributed by atoms with Gasteiger partial charge in [0.1, 0.15) is 11.5 Å². The number of rotatable bonds is 8. The van der Waals surface area contributed by atoms with Gasteiger partial charge in [0.2, 0.25) is 0 Å². The molecule has 23 heavy (non-hydrogen) atoms. The van der Waals surface area contributed by atoms with Gasteiger partial charge in [0.15, 0.2) is 0 Å². The molecule has 0 aromatic heterocycles. The van der Waals surface area contributed by atoms with Crippen LogP contribution < -0.4 is 14.8 Å². The molecule has 2 rings (SSSR count). The predicted octanol–water partition coefficient (Wildman–Crippen LogP) is 3.62. The van der Waals surface area contributed by atoms with E-state index in [1.54, 1.807) is 44.2 Å². The van der Waals surface area contributed by atoms with Gasteiger partial charge in [-0.1, -0.05) is 18.2 Å². The molecule has 0 unspecified atom stereocenters. The maximum absolute atomic E-state index is 12.3. The molecule has 0 fully saturated rings. The van der Waals surface area contributed by atoms with Gasteiger partial charge in [0.25, 0.3) is 5.91 Å². The van der Waals surface area contributed by atoms with Gasteiger partial charge in [0, 0.05) is 11.4 Å². The van der Waals surface area contributed by atoms with E-state index >= 15 is 0 Å². The number of amides is 1. The summed E-state index contributed by atoms with van der Waals surface area (Å²) >= 11 is 1.79. The molecular weight excluding hydrogens is 310 g/mol. The van der Waals surface area contributed by atoms with Crippen LogP contribution in [0.15, 0.2) is 53.4 Å². The Labute approximate surface area is 141 Å². The topological polar surface area (TPSA) is 47.6 Å². The fraction of sp³-hybridized carbons (Fsp3) is 0.278. The van der Waals surface area contributed by atoms with Gasteiger partial charge in [-0.3, -0.25) is 4.79 Å². The minimum atomic E-state index is -0.148. The van der Waals surface area contributed by atoms with Crippen LogP contribution in [0.5, 0.6) is 11.5 Å². The standard InChI is InChI=1S/C18H21NO3S/c1-21-14-9-10-17(22-2)16(13-14)18(20)19-11-6-12-23-15-7-4-3-5-8-15/h3-5,7-10,13H,6,11-12H2,1-2H3,(H,19,20). The predicted molar refractivity (Wildman–Crippen MR) is 93.7 cm³/mol. The fourth-order valence-electron chi connectivity index (χ4n) is 2.07. The Balaban J connectivity index is 1.80. The van der Waals surface area contributed by atoms with Crippen LogP contribution in [0.1, 0.15) is 16.8 Å². The van der Waals surface area contributed by atoms with Gasteiger partial charge in [-0.15, -0.1) is 11.8 Å². The molecule has 2 aromatic rings. The maximum Gasteiger partial charge on any atom is 0.255 e. The zero-order chi connectivity index (χ0) is 16.5. The number of ether oxygens (including phenoxy) is 2. The number of thioether (sulfide) groups is 1. The van der Waals surface area contributed by atoms with Crippen molar-refractivity contribution in [3.8, 4) is 11.5 Å². The van der Waals surface area contributed by atoms with Gasteiger partial charge in [-0.2, -0.15) is 0 Å². The average Bonchev–Trinajstić information content (AvgIpc) is 2.61. The summed E-state index contributed by atoms with van der Waals surface area (Å²) in [5.41, 5.74) is 0.488. The van der Waals surface area contributed by atoms with Crippen molar-refractivity contribution in [2.75, 3.05) is 26.5 Å². The van der Waals surface area contributed by atoms with Gasteiger partial charge >= 0.3 is 0 Å². The van der Waals surface area contributed by atoms with Crippen LogP contribution in [0.3, 0.4) is 0 Å². The lowest BCUT2D eigenvalue weighted by Crippen LogP contribution is -2.25. The van der Waals surface area contributed by atoms with Crippen LogP contribution in [0, 0.1) is 0 Å². The Kier molecular flexibility index (Phi) is 6.81. The highest BCUT2D eigenvalue weighted by molar-refractivity contribution is 7.99. The van der Waals surface area contributed by atoms with E-state index < -0.39 is 0 Å². The van der Waals surface area contributed by atoms with Gasteiger partial charge in [-0.25, -0.2) is 0 Å². The molecule has 2 aromatic carbocycles. The van der Waals surface area contributed by atoms with Crippen LogP contribution in [0.4, 0.5) is 0 Å². The number of carbonyl (C=O) groups excluding carboxylic acids is 1. The van der Waals surface area contributed by atoms with E-state index in [1.807, 2.05) is 18.2 Å². The summed E-state index contributed by atoms with van der Waals surface area (Å²) in [4.78, 5) is 13.5. The molecule has 0 aliphatic rings. The lowest BCUT2D eigenvalue weighted by molar-refractivity contribution is 0.0950. The molecule has 0 atom stereocenters. The van der Waals surface area contributed by atoms with E-state index in [9.17, 15) is 4.79 Å². The molecule has 4 nitrogen and oxygen atoms in total. The van der Waals surface area contributed by atoms with Crippen molar-refractivity contribution in [2.24, 2.45) is 0 Å². The Bertz CT molecular complexity index is 631. The second-order valence-electron chi connectivity index (χ2n) is 4.84. The lowest BCUT2D eigenvalue weighted by Gasteiger charge is -2.11. The summed E-state index contributed by atoms with van der Waals surface area (Å²) in [6.45, 7) is 0.624. The maximum atomic E-state index is 12.3. The van der Waals surface area contributed by atoms with E-state index in [4.69, 9.17) is 9.47 Å². The second kappa shape index (κ2) is 9.10. The number of methoxy groups -OCH3 is 2. The van der Waals surface area contributed by atoms with Crippen LogP contribution >= 0.6 is 11.8 Å². The first kappa shape index (κ1) is 17.2. The molecule has 0 aliphatic heterocycles. The van der Waals surface area contributed by atoms with Crippen molar-refractivity contribution in [2.45, 2.75) is 11.3 Å². The summed E-state index contributed by atoms with van der Waals surface area (Å²) in [5, 5.41) is 2.92. The monoisotopic (exact) mass is 331 g/mol. The Morgan fingerprint density at radius 3 is 2.57 bits per heavy atom. The Hall–Kier alpha value is -2.14. The molecule has 0 spiro atoms. The van der Waals surface area contributed by atoms with Gasteiger partial charge in [-0.05, 0) is 42.5 Å². The van der Waals surface area contributed by atoms with Crippen molar-refractivity contribution in [3.05, 3.63) is 54.1 Å². The van der Waals surface area contributed by atoms with Gasteiger partial charge in [0.05, 0.1) is 19.8 Å². The van der Waals surface area contributed by atoms with Crippen LogP contribution in [-0.2, 0) is 0 Å². The zero-order valence-electron chi connectivity index (χ0n) is 13.4. The molecule has 0 radical (unpaired) electrons. The van der Waals surface area contributed by atoms with Crippen LogP contribution in [-0.4, -0.2) is 32.4 Å². The molecule has 122 valence electrons. The molecule has 0 saturated heterocycles. The summed E-state index contributed by atoms with van der Waals surface area (Å²) in [6, 6.07) is 15.4. The van der Waals surface area contributed by atoms with Crippen molar-refractivity contribution in [1.29, 1.82) is 0 Å². The summed E-state index contributed by atoms with van der Waals surface area (Å²) in [7, 11) is 3.12. The zero-order valence-corrected chi connectivity index (χ0v) is 14.2. The van der Waals surface area contributed by atoms with E-state index in [0.29, 0.717) is 23.6 Å². The number of nitrogens with one attached hydrogen (secondary N) is 1. The van der Waals surface area contributed by atoms with E-state index in [0.717, 1.165) is 12.2 Å². The Morgan fingerprint density at radius 2 is 1.87 bits per heavy atom. The highest BCUT2D eigenvalue weighted by Crippen LogP contribution is 2.23. The minimum absolute atomic E-state index is 0.148. The fourth-order valence-corrected chi connectivity index (χ4v) is 2.94. The smallest absolute Gasteiger partial charge is 0.255 e. The third-order valence-corrected chi connectivity index (χ3v) is 4.37. The highest BCUT2D eigenvalue weighted by Gasteiger charge is 2.13. The third kappa shape index (κ3) is 5.21. The quantitative estimate of drug-likeness (QED) is 0.593. The summed E-state index contributed by atoms with van der Waals surface area (Å²) in [5.74, 6) is 1.99. The summed E-state index contributed by atoms with van der Waals surface area (Å²) < 4.78 is 10.4. The van der Waals surface area contributed by atoms with Crippen LogP contribution in [0.25, 0.3) is 0 Å². The van der Waals surface area contributed by atoms with E-state index in [1.165, 1.54) is 4.90 Å². The molecule has 1 amide bonds. The highest BCUT2D eigenvalue weighted by atomic mass is 32.2. The molecule has 0 saturated carbocycles.